The van der Waals surface area contributed by atoms with Crippen molar-refractivity contribution >= 4 is 5.78 Å². The van der Waals surface area contributed by atoms with E-state index in [9.17, 15) is 9.90 Å². The molecule has 3 heteroatoms. The van der Waals surface area contributed by atoms with Crippen LogP contribution in [0.1, 0.15) is 51.9 Å². The van der Waals surface area contributed by atoms with Gasteiger partial charge in [0.25, 0.3) is 0 Å². The largest absolute Gasteiger partial charge is 0.379 e. The summed E-state index contributed by atoms with van der Waals surface area (Å²) in [5.41, 5.74) is -1.15. The maximum Gasteiger partial charge on any atom is 0.167 e. The summed E-state index contributed by atoms with van der Waals surface area (Å²) in [4.78, 5) is 11.6. The second-order valence-corrected chi connectivity index (χ2v) is 5.12. The lowest BCUT2D eigenvalue weighted by molar-refractivity contribution is -0.185. The number of carbonyl (C=O) groups is 1. The number of Topliss-reactive ketones (excluding diaryl/α,β-unsaturated/α-hetero) is 1. The van der Waals surface area contributed by atoms with Gasteiger partial charge in [0, 0.05) is 13.0 Å². The van der Waals surface area contributed by atoms with Gasteiger partial charge < -0.3 is 9.84 Å². The van der Waals surface area contributed by atoms with Crippen LogP contribution in [0.4, 0.5) is 0 Å². The molecule has 0 amide bonds. The molecule has 2 unspecified atom stereocenters. The van der Waals surface area contributed by atoms with Crippen LogP contribution in [0.15, 0.2) is 0 Å². The van der Waals surface area contributed by atoms with Crippen molar-refractivity contribution < 1.29 is 14.6 Å². The molecule has 0 aliphatic heterocycles. The van der Waals surface area contributed by atoms with Crippen molar-refractivity contribution in [3.05, 3.63) is 0 Å². The molecule has 92 valence electrons. The van der Waals surface area contributed by atoms with Crippen LogP contribution in [-0.4, -0.2) is 29.2 Å². The highest BCUT2D eigenvalue weighted by molar-refractivity contribution is 5.93. The molecule has 3 nitrogen and oxygen atoms in total. The summed E-state index contributed by atoms with van der Waals surface area (Å²) in [5.74, 6) is 0.361. The van der Waals surface area contributed by atoms with Gasteiger partial charge in [0.15, 0.2) is 5.78 Å². The van der Waals surface area contributed by atoms with E-state index in [2.05, 4.69) is 0 Å². The molecule has 0 heterocycles. The first kappa shape index (κ1) is 12.1. The maximum atomic E-state index is 11.6. The lowest BCUT2D eigenvalue weighted by Crippen LogP contribution is -2.60. The molecule has 0 saturated heterocycles. The van der Waals surface area contributed by atoms with E-state index in [0.29, 0.717) is 25.4 Å². The van der Waals surface area contributed by atoms with Crippen molar-refractivity contribution in [3.63, 3.8) is 0 Å². The van der Waals surface area contributed by atoms with Crippen LogP contribution < -0.4 is 0 Å². The van der Waals surface area contributed by atoms with E-state index in [1.165, 1.54) is 19.3 Å². The molecule has 0 bridgehead atoms. The Hall–Kier alpha value is -0.410. The van der Waals surface area contributed by atoms with E-state index < -0.39 is 5.60 Å². The molecule has 2 aliphatic rings. The first-order chi connectivity index (χ1) is 7.68. The normalized spacial score (nSPS) is 33.5. The third kappa shape index (κ3) is 2.03. The second kappa shape index (κ2) is 4.84. The highest BCUT2D eigenvalue weighted by Gasteiger charge is 2.53. The van der Waals surface area contributed by atoms with Crippen LogP contribution in [0.5, 0.6) is 0 Å². The molecule has 2 rings (SSSR count). The predicted octanol–water partition coefficient (Wildman–Crippen LogP) is 2.07. The molecule has 0 aromatic heterocycles. The zero-order valence-electron chi connectivity index (χ0n) is 10.1. The fourth-order valence-electron chi connectivity index (χ4n) is 3.06. The molecule has 2 atom stereocenters. The van der Waals surface area contributed by atoms with Gasteiger partial charge in [0.1, 0.15) is 5.60 Å². The van der Waals surface area contributed by atoms with Crippen LogP contribution in [0.3, 0.4) is 0 Å². The summed E-state index contributed by atoms with van der Waals surface area (Å²) in [6, 6.07) is 0. The van der Waals surface area contributed by atoms with E-state index in [1.807, 2.05) is 6.92 Å². The molecular formula is C13H22O3. The molecule has 0 radical (unpaired) electrons. The highest BCUT2D eigenvalue weighted by Crippen LogP contribution is 2.40. The monoisotopic (exact) mass is 226 g/mol. The van der Waals surface area contributed by atoms with Crippen molar-refractivity contribution in [2.24, 2.45) is 5.92 Å². The summed E-state index contributed by atoms with van der Waals surface area (Å²) in [7, 11) is 0. The average Bonchev–Trinajstić information content (AvgIpc) is 2.34. The van der Waals surface area contributed by atoms with Gasteiger partial charge in [-0.3, -0.25) is 4.79 Å². The maximum absolute atomic E-state index is 11.6. The summed E-state index contributed by atoms with van der Waals surface area (Å²) in [6.45, 7) is 2.51. The van der Waals surface area contributed by atoms with Crippen molar-refractivity contribution in [1.82, 2.24) is 0 Å². The van der Waals surface area contributed by atoms with E-state index in [4.69, 9.17) is 4.74 Å². The summed E-state index contributed by atoms with van der Waals surface area (Å²) in [6.07, 6.45) is 6.75. The third-order valence-corrected chi connectivity index (χ3v) is 4.11. The zero-order chi connectivity index (χ0) is 11.6. The second-order valence-electron chi connectivity index (χ2n) is 5.12. The first-order valence-corrected chi connectivity index (χ1v) is 6.55. The van der Waals surface area contributed by atoms with Crippen molar-refractivity contribution in [2.75, 3.05) is 6.61 Å². The molecule has 2 fully saturated rings. The molecule has 2 saturated carbocycles. The fourth-order valence-corrected chi connectivity index (χ4v) is 3.06. The Morgan fingerprint density at radius 2 is 2.12 bits per heavy atom. The van der Waals surface area contributed by atoms with E-state index in [-0.39, 0.29) is 11.9 Å². The zero-order valence-corrected chi connectivity index (χ0v) is 10.1. The summed E-state index contributed by atoms with van der Waals surface area (Å²) >= 11 is 0. The fraction of sp³-hybridized carbons (Fsp3) is 0.923. The van der Waals surface area contributed by atoms with Gasteiger partial charge in [-0.2, -0.15) is 0 Å². The number of ether oxygens (including phenoxy) is 1. The number of rotatable bonds is 4. The van der Waals surface area contributed by atoms with E-state index in [1.54, 1.807) is 0 Å². The molecule has 1 N–H and O–H groups in total. The van der Waals surface area contributed by atoms with Crippen LogP contribution in [0.2, 0.25) is 0 Å². The summed E-state index contributed by atoms with van der Waals surface area (Å²) < 4.78 is 5.69. The Bertz CT molecular complexity index is 258. The summed E-state index contributed by atoms with van der Waals surface area (Å²) in [5, 5.41) is 10.3. The van der Waals surface area contributed by atoms with Crippen LogP contribution in [0.25, 0.3) is 0 Å². The Kier molecular flexibility index (Phi) is 3.65. The van der Waals surface area contributed by atoms with Gasteiger partial charge in [0.05, 0.1) is 6.10 Å². The van der Waals surface area contributed by atoms with Gasteiger partial charge in [0.2, 0.25) is 0 Å². The Morgan fingerprint density at radius 3 is 2.56 bits per heavy atom. The molecule has 0 spiro atoms. The number of carbonyl (C=O) groups excluding carboxylic acids is 1. The minimum absolute atomic E-state index is 0.0171. The highest BCUT2D eigenvalue weighted by atomic mass is 16.5. The first-order valence-electron chi connectivity index (χ1n) is 6.55. The Balaban J connectivity index is 2.06. The minimum Gasteiger partial charge on any atom is -0.379 e. The lowest BCUT2D eigenvalue weighted by Gasteiger charge is -2.45. The van der Waals surface area contributed by atoms with E-state index in [0.717, 1.165) is 12.8 Å². The van der Waals surface area contributed by atoms with E-state index >= 15 is 0 Å². The Labute approximate surface area is 97.2 Å². The quantitative estimate of drug-likeness (QED) is 0.798. The third-order valence-electron chi connectivity index (χ3n) is 4.11. The van der Waals surface area contributed by atoms with Crippen molar-refractivity contribution in [1.29, 1.82) is 0 Å². The van der Waals surface area contributed by atoms with Gasteiger partial charge >= 0.3 is 0 Å². The van der Waals surface area contributed by atoms with Crippen LogP contribution in [-0.2, 0) is 9.53 Å². The van der Waals surface area contributed by atoms with Crippen molar-refractivity contribution in [2.45, 2.75) is 63.6 Å². The number of aliphatic hydroxyl groups is 1. The minimum atomic E-state index is -1.15. The topological polar surface area (TPSA) is 46.5 Å². The van der Waals surface area contributed by atoms with Gasteiger partial charge in [-0.25, -0.2) is 0 Å². The predicted molar refractivity (Wildman–Crippen MR) is 61.2 cm³/mol. The molecular weight excluding hydrogens is 204 g/mol. The Morgan fingerprint density at radius 1 is 1.44 bits per heavy atom. The van der Waals surface area contributed by atoms with Crippen molar-refractivity contribution in [3.8, 4) is 0 Å². The molecule has 0 aromatic carbocycles. The van der Waals surface area contributed by atoms with Gasteiger partial charge in [-0.1, -0.05) is 19.3 Å². The van der Waals surface area contributed by atoms with Crippen LogP contribution >= 0.6 is 0 Å². The molecule has 0 aromatic rings. The lowest BCUT2D eigenvalue weighted by atomic mass is 9.68. The standard InChI is InChI=1S/C13H22O3/c1-2-16-12(10-6-4-3-5-7-10)13(15)9-8-11(13)14/h10,12,15H,2-9H2,1H3. The van der Waals surface area contributed by atoms with Gasteiger partial charge in [-0.05, 0) is 32.1 Å². The number of ketones is 1. The number of hydrogen-bond donors (Lipinski definition) is 1. The molecule has 2 aliphatic carbocycles. The van der Waals surface area contributed by atoms with Gasteiger partial charge in [-0.15, -0.1) is 0 Å². The molecule has 16 heavy (non-hydrogen) atoms. The van der Waals surface area contributed by atoms with Crippen LogP contribution in [0, 0.1) is 5.92 Å². The smallest absolute Gasteiger partial charge is 0.167 e. The average molecular weight is 226 g/mol. The number of hydrogen-bond acceptors (Lipinski definition) is 3. The SMILES string of the molecule is CCOC(C1CCCCC1)C1(O)CCC1=O.